The summed E-state index contributed by atoms with van der Waals surface area (Å²) in [5.74, 6) is -0.725. The lowest BCUT2D eigenvalue weighted by Crippen LogP contribution is -2.31. The predicted octanol–water partition coefficient (Wildman–Crippen LogP) is 3.13. The molecule has 1 aliphatic heterocycles. The van der Waals surface area contributed by atoms with Crippen molar-refractivity contribution in [3.05, 3.63) is 58.7 Å². The number of amides is 1. The van der Waals surface area contributed by atoms with Gasteiger partial charge < -0.3 is 15.1 Å². The number of benzene rings is 2. The van der Waals surface area contributed by atoms with Gasteiger partial charge in [0.25, 0.3) is 5.91 Å². The first-order chi connectivity index (χ1) is 10.7. The molecule has 2 N–H and O–H groups in total. The minimum absolute atomic E-state index is 0.0476. The number of carbonyl (C=O) groups is 1. The molecule has 2 aromatic rings. The molecule has 1 amide bonds. The first-order valence-corrected chi connectivity index (χ1v) is 7.59. The quantitative estimate of drug-likeness (QED) is 0.795. The van der Waals surface area contributed by atoms with Crippen LogP contribution in [0.2, 0.25) is 0 Å². The monoisotopic (exact) mass is 295 g/mol. The van der Waals surface area contributed by atoms with Crippen molar-refractivity contribution >= 4 is 5.91 Å². The van der Waals surface area contributed by atoms with Crippen LogP contribution in [0.5, 0.6) is 11.5 Å². The third-order valence-electron chi connectivity index (χ3n) is 4.77. The van der Waals surface area contributed by atoms with Crippen LogP contribution in [0.3, 0.4) is 0 Å². The van der Waals surface area contributed by atoms with Crippen LogP contribution in [0.25, 0.3) is 0 Å². The lowest BCUT2D eigenvalue weighted by atomic mass is 9.87. The summed E-state index contributed by atoms with van der Waals surface area (Å²) in [7, 11) is 0. The van der Waals surface area contributed by atoms with Crippen LogP contribution in [-0.4, -0.2) is 21.0 Å². The molecule has 1 heterocycles. The molecule has 1 atom stereocenters. The molecule has 0 saturated heterocycles. The third kappa shape index (κ3) is 1.80. The Balaban J connectivity index is 1.75. The van der Waals surface area contributed by atoms with E-state index < -0.39 is 0 Å². The highest BCUT2D eigenvalue weighted by atomic mass is 16.3. The largest absolute Gasteiger partial charge is 0.504 e. The maximum Gasteiger partial charge on any atom is 0.258 e. The molecule has 0 unspecified atom stereocenters. The summed E-state index contributed by atoms with van der Waals surface area (Å²) < 4.78 is 0. The zero-order valence-electron chi connectivity index (χ0n) is 12.1. The Hall–Kier alpha value is -2.49. The molecule has 22 heavy (non-hydrogen) atoms. The Kier molecular flexibility index (Phi) is 2.86. The normalized spacial score (nSPS) is 19.9. The van der Waals surface area contributed by atoms with Gasteiger partial charge in [-0.3, -0.25) is 4.79 Å². The van der Waals surface area contributed by atoms with Crippen LogP contribution in [0, 0.1) is 0 Å². The summed E-state index contributed by atoms with van der Waals surface area (Å²) >= 11 is 0. The summed E-state index contributed by atoms with van der Waals surface area (Å²) in [4.78, 5) is 14.6. The van der Waals surface area contributed by atoms with E-state index >= 15 is 0 Å². The number of carbonyl (C=O) groups excluding carboxylic acids is 1. The first-order valence-electron chi connectivity index (χ1n) is 7.59. The molecule has 2 aliphatic rings. The van der Waals surface area contributed by atoms with E-state index in [2.05, 4.69) is 12.1 Å². The highest BCUT2D eigenvalue weighted by Crippen LogP contribution is 2.42. The van der Waals surface area contributed by atoms with Gasteiger partial charge in [0.05, 0.1) is 11.6 Å². The van der Waals surface area contributed by atoms with E-state index in [0.717, 1.165) is 24.8 Å². The lowest BCUT2D eigenvalue weighted by molar-refractivity contribution is 0.0680. The molecule has 0 radical (unpaired) electrons. The number of rotatable bonds is 1. The van der Waals surface area contributed by atoms with Gasteiger partial charge in [-0.15, -0.1) is 0 Å². The molecular formula is C18H17NO3. The number of phenolic OH excluding ortho intramolecular Hbond substituents is 2. The zero-order chi connectivity index (χ0) is 15.3. The van der Waals surface area contributed by atoms with Crippen LogP contribution in [0.1, 0.15) is 45.9 Å². The van der Waals surface area contributed by atoms with Gasteiger partial charge in [0.1, 0.15) is 0 Å². The van der Waals surface area contributed by atoms with E-state index in [9.17, 15) is 15.0 Å². The topological polar surface area (TPSA) is 60.8 Å². The number of nitrogens with zero attached hydrogens (tertiary/aromatic N) is 1. The number of aryl methyl sites for hydroxylation is 1. The van der Waals surface area contributed by atoms with Crippen molar-refractivity contribution in [2.45, 2.75) is 31.8 Å². The Morgan fingerprint density at radius 1 is 1.05 bits per heavy atom. The number of hydrogen-bond acceptors (Lipinski definition) is 3. The van der Waals surface area contributed by atoms with Gasteiger partial charge in [-0.2, -0.15) is 0 Å². The van der Waals surface area contributed by atoms with Crippen molar-refractivity contribution in [2.75, 3.05) is 0 Å². The Morgan fingerprint density at radius 2 is 1.86 bits per heavy atom. The minimum atomic E-state index is -0.297. The molecule has 2 aromatic carbocycles. The van der Waals surface area contributed by atoms with Crippen molar-refractivity contribution in [3.8, 4) is 11.5 Å². The highest BCUT2D eigenvalue weighted by molar-refractivity contribution is 6.01. The molecular weight excluding hydrogens is 278 g/mol. The average Bonchev–Trinajstić information content (AvgIpc) is 2.88. The number of phenols is 2. The molecule has 112 valence electrons. The molecule has 4 nitrogen and oxygen atoms in total. The van der Waals surface area contributed by atoms with Gasteiger partial charge in [0, 0.05) is 6.54 Å². The lowest BCUT2D eigenvalue weighted by Gasteiger charge is -2.33. The molecule has 0 spiro atoms. The SMILES string of the molecule is O=C1c2c(ccc(O)c2O)CN1[C@@H]1CCCc2ccccc21. The molecule has 4 rings (SSSR count). The van der Waals surface area contributed by atoms with Crippen LogP contribution >= 0.6 is 0 Å². The number of aromatic hydroxyl groups is 2. The van der Waals surface area contributed by atoms with Crippen LogP contribution in [0.4, 0.5) is 0 Å². The Bertz CT molecular complexity index is 769. The van der Waals surface area contributed by atoms with E-state index in [4.69, 9.17) is 0 Å². The second-order valence-corrected chi connectivity index (χ2v) is 6.01. The Labute approximate surface area is 128 Å². The Morgan fingerprint density at radius 3 is 2.73 bits per heavy atom. The van der Waals surface area contributed by atoms with Crippen LogP contribution in [0.15, 0.2) is 36.4 Å². The fourth-order valence-electron chi connectivity index (χ4n) is 3.70. The van der Waals surface area contributed by atoms with Crippen molar-refractivity contribution in [1.29, 1.82) is 0 Å². The standard InChI is InChI=1S/C18H17NO3/c20-15-9-8-12-10-19(18(22)16(12)17(15)21)14-7-3-5-11-4-1-2-6-13(11)14/h1-2,4,6,8-9,14,20-21H,3,5,7,10H2/t14-/m1/s1. The van der Waals surface area contributed by atoms with Crippen LogP contribution in [-0.2, 0) is 13.0 Å². The second-order valence-electron chi connectivity index (χ2n) is 6.01. The summed E-state index contributed by atoms with van der Waals surface area (Å²) in [6.07, 6.45) is 3.04. The number of hydrogen-bond donors (Lipinski definition) is 2. The second kappa shape index (κ2) is 4.77. The van der Waals surface area contributed by atoms with Gasteiger partial charge in [0.15, 0.2) is 11.5 Å². The highest BCUT2D eigenvalue weighted by Gasteiger charge is 2.37. The smallest absolute Gasteiger partial charge is 0.258 e. The fraction of sp³-hybridized carbons (Fsp3) is 0.278. The van der Waals surface area contributed by atoms with Gasteiger partial charge in [-0.1, -0.05) is 30.3 Å². The fourth-order valence-corrected chi connectivity index (χ4v) is 3.70. The molecule has 0 aromatic heterocycles. The van der Waals surface area contributed by atoms with E-state index in [1.165, 1.54) is 17.2 Å². The molecule has 0 bridgehead atoms. The average molecular weight is 295 g/mol. The summed E-state index contributed by atoms with van der Waals surface area (Å²) in [6, 6.07) is 11.5. The van der Waals surface area contributed by atoms with Crippen molar-refractivity contribution in [1.82, 2.24) is 4.90 Å². The minimum Gasteiger partial charge on any atom is -0.504 e. The van der Waals surface area contributed by atoms with Gasteiger partial charge in [0.2, 0.25) is 0 Å². The maximum atomic E-state index is 12.7. The summed E-state index contributed by atoms with van der Waals surface area (Å²) in [5, 5.41) is 19.6. The van der Waals surface area contributed by atoms with E-state index in [-0.39, 0.29) is 29.0 Å². The van der Waals surface area contributed by atoms with E-state index in [1.807, 2.05) is 17.0 Å². The van der Waals surface area contributed by atoms with Crippen molar-refractivity contribution < 1.29 is 15.0 Å². The van der Waals surface area contributed by atoms with E-state index in [0.29, 0.717) is 6.54 Å². The van der Waals surface area contributed by atoms with Gasteiger partial charge >= 0.3 is 0 Å². The van der Waals surface area contributed by atoms with Gasteiger partial charge in [-0.05, 0) is 42.0 Å². The molecule has 0 fully saturated rings. The first kappa shape index (κ1) is 13.2. The number of fused-ring (bicyclic) bond motifs is 2. The van der Waals surface area contributed by atoms with E-state index in [1.54, 1.807) is 6.07 Å². The van der Waals surface area contributed by atoms with Crippen LogP contribution < -0.4 is 0 Å². The summed E-state index contributed by atoms with van der Waals surface area (Å²) in [5.41, 5.74) is 3.54. The van der Waals surface area contributed by atoms with Crippen molar-refractivity contribution in [3.63, 3.8) is 0 Å². The maximum absolute atomic E-state index is 12.7. The molecule has 4 heteroatoms. The summed E-state index contributed by atoms with van der Waals surface area (Å²) in [6.45, 7) is 0.487. The zero-order valence-corrected chi connectivity index (χ0v) is 12.1. The predicted molar refractivity (Wildman–Crippen MR) is 81.8 cm³/mol. The van der Waals surface area contributed by atoms with Crippen molar-refractivity contribution in [2.24, 2.45) is 0 Å². The molecule has 1 aliphatic carbocycles. The third-order valence-corrected chi connectivity index (χ3v) is 4.77. The molecule has 0 saturated carbocycles. The van der Waals surface area contributed by atoms with Gasteiger partial charge in [-0.25, -0.2) is 0 Å².